The molecule has 28 heavy (non-hydrogen) atoms. The summed E-state index contributed by atoms with van der Waals surface area (Å²) in [5.74, 6) is -3.06. The summed E-state index contributed by atoms with van der Waals surface area (Å²) in [5, 5.41) is 8.79. The highest BCUT2D eigenvalue weighted by Gasteiger charge is 2.60. The fourth-order valence-electron chi connectivity index (χ4n) is 5.20. The van der Waals surface area contributed by atoms with Crippen LogP contribution in [0.15, 0.2) is 17.1 Å². The number of nitrogens with zero attached hydrogens (tertiary/aromatic N) is 1. The van der Waals surface area contributed by atoms with Crippen molar-refractivity contribution >= 4 is 16.9 Å². The molecule has 2 saturated carbocycles. The number of nitrogens with two attached hydrogens (primary N) is 1. The van der Waals surface area contributed by atoms with Crippen LogP contribution in [0.3, 0.4) is 0 Å². The molecule has 1 aliphatic heterocycles. The highest BCUT2D eigenvalue weighted by Crippen LogP contribution is 2.58. The highest BCUT2D eigenvalue weighted by atomic mass is 19.1. The van der Waals surface area contributed by atoms with E-state index in [9.17, 15) is 9.59 Å². The zero-order valence-corrected chi connectivity index (χ0v) is 15.2. The van der Waals surface area contributed by atoms with Crippen molar-refractivity contribution in [3.8, 4) is 0 Å². The van der Waals surface area contributed by atoms with Crippen LogP contribution in [-0.4, -0.2) is 40.1 Å². The van der Waals surface area contributed by atoms with Crippen molar-refractivity contribution in [3.05, 3.63) is 45.2 Å². The number of hydrogen-bond acceptors (Lipinski definition) is 4. The van der Waals surface area contributed by atoms with Gasteiger partial charge < -0.3 is 15.8 Å². The third-order valence-electron chi connectivity index (χ3n) is 7.15. The summed E-state index contributed by atoms with van der Waals surface area (Å²) < 4.78 is 30.5. The van der Waals surface area contributed by atoms with Crippen LogP contribution in [-0.2, 0) is 5.54 Å². The van der Waals surface area contributed by atoms with E-state index in [1.165, 1.54) is 0 Å². The van der Waals surface area contributed by atoms with Crippen LogP contribution in [0.25, 0.3) is 10.9 Å². The lowest BCUT2D eigenvalue weighted by molar-refractivity contribution is 0.0695. The molecule has 3 aliphatic rings. The monoisotopic (exact) mass is 389 g/mol. The van der Waals surface area contributed by atoms with Crippen LogP contribution in [0, 0.1) is 17.0 Å². The Bertz CT molecular complexity index is 1070. The van der Waals surface area contributed by atoms with Gasteiger partial charge in [-0.3, -0.25) is 9.69 Å². The number of carboxylic acids is 1. The first-order chi connectivity index (χ1) is 13.3. The fraction of sp³-hybridized carbons (Fsp3) is 0.500. The Hall–Kier alpha value is -2.32. The van der Waals surface area contributed by atoms with E-state index in [0.717, 1.165) is 38.1 Å². The summed E-state index contributed by atoms with van der Waals surface area (Å²) >= 11 is 0. The largest absolute Gasteiger partial charge is 0.477 e. The molecule has 1 aromatic heterocycles. The van der Waals surface area contributed by atoms with E-state index in [2.05, 4.69) is 9.88 Å². The van der Waals surface area contributed by atoms with E-state index in [1.54, 1.807) is 0 Å². The molecule has 2 aromatic rings. The summed E-state index contributed by atoms with van der Waals surface area (Å²) in [7, 11) is 0. The van der Waals surface area contributed by atoms with Crippen molar-refractivity contribution in [1.29, 1.82) is 0 Å². The Balaban J connectivity index is 1.63. The number of benzene rings is 1. The molecule has 2 heterocycles. The summed E-state index contributed by atoms with van der Waals surface area (Å²) in [5.41, 5.74) is 4.06. The number of pyridine rings is 1. The number of rotatable bonds is 3. The number of H-pyrrole nitrogens is 1. The van der Waals surface area contributed by atoms with E-state index >= 15 is 8.78 Å². The second-order valence-corrected chi connectivity index (χ2v) is 8.54. The quantitative estimate of drug-likeness (QED) is 0.748. The van der Waals surface area contributed by atoms with E-state index < -0.39 is 34.1 Å². The van der Waals surface area contributed by atoms with E-state index in [4.69, 9.17) is 10.8 Å². The van der Waals surface area contributed by atoms with Gasteiger partial charge in [-0.2, -0.15) is 0 Å². The van der Waals surface area contributed by atoms with Gasteiger partial charge in [0, 0.05) is 30.9 Å². The molecular weight excluding hydrogens is 368 g/mol. The van der Waals surface area contributed by atoms with Crippen molar-refractivity contribution in [1.82, 2.24) is 9.88 Å². The van der Waals surface area contributed by atoms with Crippen LogP contribution in [0.4, 0.5) is 8.78 Å². The summed E-state index contributed by atoms with van der Waals surface area (Å²) in [6.45, 7) is 1.34. The van der Waals surface area contributed by atoms with Gasteiger partial charge in [-0.25, -0.2) is 13.6 Å². The normalized spacial score (nSPS) is 25.2. The van der Waals surface area contributed by atoms with Gasteiger partial charge in [0.1, 0.15) is 11.4 Å². The molecule has 1 atom stereocenters. The number of aromatic carboxylic acids is 1. The zero-order valence-electron chi connectivity index (χ0n) is 15.2. The lowest BCUT2D eigenvalue weighted by Gasteiger charge is -2.42. The molecule has 0 bridgehead atoms. The molecular formula is C20H21F2N3O3. The number of carboxylic acid groups (broad SMARTS) is 1. The maximum atomic E-state index is 15.4. The molecule has 4 N–H and O–H groups in total. The number of carbonyl (C=O) groups is 1. The molecule has 0 amide bonds. The first kappa shape index (κ1) is 17.8. The molecule has 3 fully saturated rings. The van der Waals surface area contributed by atoms with Gasteiger partial charge in [-0.15, -0.1) is 0 Å². The molecule has 2 aliphatic carbocycles. The number of aromatic nitrogens is 1. The minimum Gasteiger partial charge on any atom is -0.477 e. The minimum atomic E-state index is -1.44. The van der Waals surface area contributed by atoms with Crippen LogP contribution >= 0.6 is 0 Å². The molecule has 0 radical (unpaired) electrons. The lowest BCUT2D eigenvalue weighted by Crippen LogP contribution is -2.45. The molecule has 1 saturated heterocycles. The number of hydrogen-bond donors (Lipinski definition) is 3. The van der Waals surface area contributed by atoms with E-state index in [-0.39, 0.29) is 27.9 Å². The van der Waals surface area contributed by atoms with Gasteiger partial charge in [0.05, 0.1) is 16.4 Å². The van der Waals surface area contributed by atoms with E-state index in [1.807, 2.05) is 0 Å². The summed E-state index contributed by atoms with van der Waals surface area (Å²) in [6.07, 6.45) is 5.47. The number of halogens is 2. The molecule has 5 rings (SSSR count). The van der Waals surface area contributed by atoms with Gasteiger partial charge in [0.15, 0.2) is 5.82 Å². The predicted octanol–water partition coefficient (Wildman–Crippen LogP) is 2.31. The Morgan fingerprint density at radius 2 is 2.00 bits per heavy atom. The van der Waals surface area contributed by atoms with Gasteiger partial charge in [0.2, 0.25) is 5.43 Å². The smallest absolute Gasteiger partial charge is 0.341 e. The van der Waals surface area contributed by atoms with Crippen molar-refractivity contribution in [3.63, 3.8) is 0 Å². The number of nitrogens with one attached hydrogen (secondary N) is 1. The number of likely N-dealkylation sites (tertiary alicyclic amines) is 1. The lowest BCUT2D eigenvalue weighted by atomic mass is 9.66. The van der Waals surface area contributed by atoms with Crippen molar-refractivity contribution < 1.29 is 18.7 Å². The zero-order chi connectivity index (χ0) is 19.8. The standard InChI is InChI=1S/C20H21F2N3O3/c21-12-6-10-16(24-7-11(17(10)26)18(27)28)15(22)14(12)20(4-5-20)25-8-13(23)19(9-25)2-1-3-19/h6-7,13H,1-5,8-9,23H2,(H,24,26)(H,27,28). The topological polar surface area (TPSA) is 99.4 Å². The Morgan fingerprint density at radius 1 is 1.29 bits per heavy atom. The average Bonchev–Trinajstić information content (AvgIpc) is 3.30. The molecule has 6 nitrogen and oxygen atoms in total. The third kappa shape index (κ3) is 2.18. The predicted molar refractivity (Wildman–Crippen MR) is 98.2 cm³/mol. The van der Waals surface area contributed by atoms with Gasteiger partial charge >= 0.3 is 5.97 Å². The van der Waals surface area contributed by atoms with Crippen molar-refractivity contribution in [2.24, 2.45) is 11.1 Å². The van der Waals surface area contributed by atoms with Crippen molar-refractivity contribution in [2.75, 3.05) is 13.1 Å². The van der Waals surface area contributed by atoms with E-state index in [0.29, 0.717) is 19.4 Å². The van der Waals surface area contributed by atoms with Gasteiger partial charge in [-0.1, -0.05) is 6.42 Å². The molecule has 148 valence electrons. The average molecular weight is 389 g/mol. The molecule has 8 heteroatoms. The maximum Gasteiger partial charge on any atom is 0.341 e. The van der Waals surface area contributed by atoms with Crippen LogP contribution in [0.2, 0.25) is 0 Å². The van der Waals surface area contributed by atoms with Crippen LogP contribution in [0.5, 0.6) is 0 Å². The second kappa shape index (κ2) is 5.61. The van der Waals surface area contributed by atoms with Crippen LogP contribution in [0.1, 0.15) is 48.0 Å². The minimum absolute atomic E-state index is 0.00300. The SMILES string of the molecule is NC1CN(C2(c3c(F)cc4c(=O)c(C(=O)O)c[nH]c4c3F)CC2)CC12CCC2. The fourth-order valence-corrected chi connectivity index (χ4v) is 5.20. The number of fused-ring (bicyclic) bond motifs is 1. The highest BCUT2D eigenvalue weighted by molar-refractivity contribution is 5.92. The van der Waals surface area contributed by atoms with Crippen LogP contribution < -0.4 is 11.2 Å². The summed E-state index contributed by atoms with van der Waals surface area (Å²) in [6, 6.07) is 0.969. The Morgan fingerprint density at radius 3 is 2.54 bits per heavy atom. The van der Waals surface area contributed by atoms with Gasteiger partial charge in [0.25, 0.3) is 0 Å². The Labute approximate surface area is 159 Å². The third-order valence-corrected chi connectivity index (χ3v) is 7.15. The van der Waals surface area contributed by atoms with Gasteiger partial charge in [-0.05, 0) is 37.2 Å². The molecule has 1 unspecified atom stereocenters. The maximum absolute atomic E-state index is 15.4. The van der Waals surface area contributed by atoms with Crippen molar-refractivity contribution in [2.45, 2.75) is 43.7 Å². The molecule has 1 spiro atoms. The molecule has 1 aromatic carbocycles. The number of aromatic amines is 1. The second-order valence-electron chi connectivity index (χ2n) is 8.54. The Kier molecular flexibility index (Phi) is 3.56. The first-order valence-corrected chi connectivity index (χ1v) is 9.57. The summed E-state index contributed by atoms with van der Waals surface area (Å²) in [4.78, 5) is 28.1. The first-order valence-electron chi connectivity index (χ1n) is 9.57.